The molecule has 1 heterocycles. The van der Waals surface area contributed by atoms with Crippen LogP contribution in [0.4, 0.5) is 0 Å². The second-order valence-corrected chi connectivity index (χ2v) is 7.62. The molecule has 0 radical (unpaired) electrons. The van der Waals surface area contributed by atoms with Crippen LogP contribution in [0.3, 0.4) is 0 Å². The summed E-state index contributed by atoms with van der Waals surface area (Å²) in [5.74, 6) is -1.99. The van der Waals surface area contributed by atoms with Crippen LogP contribution in [0.5, 0.6) is 11.5 Å². The number of ether oxygens (including phenoxy) is 2. The van der Waals surface area contributed by atoms with Crippen molar-refractivity contribution >= 4 is 5.97 Å². The number of unbranched alkanes of at least 4 members (excludes halogenated alkanes) is 1. The monoisotopic (exact) mass is 452 g/mol. The number of aryl methyl sites for hydroxylation is 1. The quantitative estimate of drug-likeness (QED) is 0.240. The fourth-order valence-corrected chi connectivity index (χ4v) is 3.63. The van der Waals surface area contributed by atoms with Crippen LogP contribution in [0.15, 0.2) is 30.4 Å². The lowest BCUT2D eigenvalue weighted by Crippen LogP contribution is -2.55. The third-order valence-electron chi connectivity index (χ3n) is 5.39. The number of methoxy groups -OCH3 is 1. The van der Waals surface area contributed by atoms with Gasteiger partial charge in [-0.15, -0.1) is 0 Å². The van der Waals surface area contributed by atoms with Gasteiger partial charge in [0.25, 0.3) is 0 Å². The Hall–Kier alpha value is -2.43. The number of benzene rings is 1. The van der Waals surface area contributed by atoms with Gasteiger partial charge in [0.15, 0.2) is 0 Å². The van der Waals surface area contributed by atoms with E-state index in [2.05, 4.69) is 6.92 Å². The molecule has 0 aliphatic carbocycles. The van der Waals surface area contributed by atoms with Gasteiger partial charge in [0.1, 0.15) is 47.6 Å². The number of phenols is 2. The summed E-state index contributed by atoms with van der Waals surface area (Å²) in [6.07, 6.45) is 2.73. The summed E-state index contributed by atoms with van der Waals surface area (Å²) in [7, 11) is 1.14. The van der Waals surface area contributed by atoms with E-state index in [1.165, 1.54) is 6.07 Å². The molecule has 1 aromatic carbocycles. The number of allylic oxidation sites excluding steroid dienone is 4. The maximum absolute atomic E-state index is 12.4. The van der Waals surface area contributed by atoms with Gasteiger partial charge in [-0.2, -0.15) is 0 Å². The van der Waals surface area contributed by atoms with E-state index in [4.69, 9.17) is 9.47 Å². The minimum Gasteiger partial charge on any atom is -0.507 e. The minimum absolute atomic E-state index is 0.202. The van der Waals surface area contributed by atoms with E-state index in [1.54, 1.807) is 0 Å². The summed E-state index contributed by atoms with van der Waals surface area (Å²) in [5, 5.41) is 61.2. The number of carbonyl (C=O) groups is 1. The molecule has 0 amide bonds. The van der Waals surface area contributed by atoms with Crippen molar-refractivity contribution in [2.45, 2.75) is 63.1 Å². The average Bonchev–Trinajstić information content (AvgIpc) is 2.77. The van der Waals surface area contributed by atoms with E-state index in [0.717, 1.165) is 20.0 Å². The lowest BCUT2D eigenvalue weighted by molar-refractivity contribution is -0.232. The summed E-state index contributed by atoms with van der Waals surface area (Å²) >= 11 is 0. The van der Waals surface area contributed by atoms with Gasteiger partial charge in [0, 0.05) is 0 Å². The molecule has 9 nitrogen and oxygen atoms in total. The zero-order valence-corrected chi connectivity index (χ0v) is 18.2. The Morgan fingerprint density at radius 3 is 2.34 bits per heavy atom. The number of phenolic OH excluding ortho intramolecular Hbond substituents is 2. The maximum atomic E-state index is 12.4. The van der Waals surface area contributed by atoms with Gasteiger partial charge in [-0.1, -0.05) is 37.6 Å². The number of rotatable bonds is 9. The molecular formula is C23H32O9. The van der Waals surface area contributed by atoms with E-state index in [1.807, 2.05) is 24.3 Å². The van der Waals surface area contributed by atoms with E-state index in [9.17, 15) is 35.4 Å². The largest absolute Gasteiger partial charge is 0.507 e. The molecule has 6 N–H and O–H groups in total. The van der Waals surface area contributed by atoms with Crippen molar-refractivity contribution in [1.82, 2.24) is 0 Å². The molecule has 0 aromatic heterocycles. The summed E-state index contributed by atoms with van der Waals surface area (Å²) in [5.41, 5.74) is -0.223. The van der Waals surface area contributed by atoms with E-state index < -0.39 is 54.6 Å². The van der Waals surface area contributed by atoms with Gasteiger partial charge < -0.3 is 40.1 Å². The van der Waals surface area contributed by atoms with Gasteiger partial charge in [0.2, 0.25) is 0 Å². The van der Waals surface area contributed by atoms with Gasteiger partial charge in [-0.05, 0) is 30.9 Å². The van der Waals surface area contributed by atoms with Gasteiger partial charge >= 0.3 is 5.97 Å². The Balaban J connectivity index is 2.39. The first-order valence-electron chi connectivity index (χ1n) is 10.6. The SMILES string of the molecule is CCC/C=C\C=C\CCc1cc(O)c([C@@H]2O[C@@H](CO)[C@H](O)[C@@H](O)[C@H]2O)c(O)c1C(=O)OC. The van der Waals surface area contributed by atoms with Crippen LogP contribution in [-0.4, -0.2) is 74.7 Å². The first kappa shape index (κ1) is 25.8. The Labute approximate surface area is 186 Å². The topological polar surface area (TPSA) is 157 Å². The summed E-state index contributed by atoms with van der Waals surface area (Å²) in [4.78, 5) is 12.4. The molecule has 1 saturated heterocycles. The smallest absolute Gasteiger partial charge is 0.341 e. The van der Waals surface area contributed by atoms with Crippen molar-refractivity contribution in [3.05, 3.63) is 47.1 Å². The lowest BCUT2D eigenvalue weighted by Gasteiger charge is -2.40. The van der Waals surface area contributed by atoms with Crippen LogP contribution in [0, 0.1) is 0 Å². The van der Waals surface area contributed by atoms with Gasteiger partial charge in [-0.3, -0.25) is 0 Å². The van der Waals surface area contributed by atoms with E-state index >= 15 is 0 Å². The van der Waals surface area contributed by atoms with Crippen molar-refractivity contribution in [3.8, 4) is 11.5 Å². The average molecular weight is 453 g/mol. The standard InChI is InChI=1S/C23H32O9/c1-3-4-5-6-7-8-9-10-13-11-14(25)17(19(27)16(13)23(30)31-2)22-21(29)20(28)18(26)15(12-24)32-22/h5-8,11,15,18,20-22,24-29H,3-4,9-10,12H2,1-2H3/b6-5-,8-7+/t15-,18-,20+,21+,22-/m0/s1. The molecule has 0 unspecified atom stereocenters. The van der Waals surface area contributed by atoms with Crippen molar-refractivity contribution in [2.75, 3.05) is 13.7 Å². The van der Waals surface area contributed by atoms with Gasteiger partial charge in [-0.25, -0.2) is 4.79 Å². The highest BCUT2D eigenvalue weighted by molar-refractivity contribution is 5.95. The molecule has 178 valence electrons. The predicted octanol–water partition coefficient (Wildman–Crippen LogP) is 1.24. The van der Waals surface area contributed by atoms with Crippen molar-refractivity contribution in [3.63, 3.8) is 0 Å². The van der Waals surface area contributed by atoms with E-state index in [0.29, 0.717) is 18.4 Å². The maximum Gasteiger partial charge on any atom is 0.341 e. The molecule has 0 bridgehead atoms. The van der Waals surface area contributed by atoms with Crippen LogP contribution in [0.2, 0.25) is 0 Å². The Morgan fingerprint density at radius 2 is 1.75 bits per heavy atom. The Morgan fingerprint density at radius 1 is 1.09 bits per heavy atom. The summed E-state index contributed by atoms with van der Waals surface area (Å²) in [6.45, 7) is 1.40. The van der Waals surface area contributed by atoms with Crippen molar-refractivity contribution < 1.29 is 44.9 Å². The molecule has 1 fully saturated rings. The molecule has 0 saturated carbocycles. The second kappa shape index (κ2) is 12.0. The number of aliphatic hydroxyl groups is 4. The lowest BCUT2D eigenvalue weighted by atomic mass is 9.87. The van der Waals surface area contributed by atoms with E-state index in [-0.39, 0.29) is 11.1 Å². The first-order valence-corrected chi connectivity index (χ1v) is 10.6. The molecule has 1 aromatic rings. The summed E-state index contributed by atoms with van der Waals surface area (Å²) < 4.78 is 10.2. The summed E-state index contributed by atoms with van der Waals surface area (Å²) in [6, 6.07) is 1.27. The number of esters is 1. The van der Waals surface area contributed by atoms with Crippen LogP contribution in [-0.2, 0) is 15.9 Å². The second-order valence-electron chi connectivity index (χ2n) is 7.62. The highest BCUT2D eigenvalue weighted by Crippen LogP contribution is 2.44. The molecule has 2 rings (SSSR count). The molecule has 5 atom stereocenters. The number of hydrogen-bond acceptors (Lipinski definition) is 9. The number of aliphatic hydroxyl groups excluding tert-OH is 4. The minimum atomic E-state index is -1.74. The number of carbonyl (C=O) groups excluding carboxylic acids is 1. The fraction of sp³-hybridized carbons (Fsp3) is 0.522. The zero-order valence-electron chi connectivity index (χ0n) is 18.2. The molecule has 1 aliphatic heterocycles. The molecule has 1 aliphatic rings. The van der Waals surface area contributed by atoms with Gasteiger partial charge in [0.05, 0.1) is 19.3 Å². The molecular weight excluding hydrogens is 420 g/mol. The first-order chi connectivity index (χ1) is 15.3. The van der Waals surface area contributed by atoms with Crippen LogP contribution >= 0.6 is 0 Å². The normalized spacial score (nSPS) is 26.1. The fourth-order valence-electron chi connectivity index (χ4n) is 3.63. The number of hydrogen-bond donors (Lipinski definition) is 6. The number of aromatic hydroxyl groups is 2. The molecule has 0 spiro atoms. The van der Waals surface area contributed by atoms with Crippen LogP contribution < -0.4 is 0 Å². The third kappa shape index (κ3) is 5.67. The Bertz CT molecular complexity index is 831. The zero-order chi connectivity index (χ0) is 23.8. The third-order valence-corrected chi connectivity index (χ3v) is 5.39. The van der Waals surface area contributed by atoms with Crippen molar-refractivity contribution in [1.29, 1.82) is 0 Å². The molecule has 9 heteroatoms. The molecule has 32 heavy (non-hydrogen) atoms. The predicted molar refractivity (Wildman–Crippen MR) is 115 cm³/mol. The van der Waals surface area contributed by atoms with Crippen LogP contribution in [0.1, 0.15) is 53.8 Å². The Kier molecular flexibility index (Phi) is 9.67. The van der Waals surface area contributed by atoms with Crippen molar-refractivity contribution in [2.24, 2.45) is 0 Å². The van der Waals surface area contributed by atoms with Crippen LogP contribution in [0.25, 0.3) is 0 Å². The highest BCUT2D eigenvalue weighted by Gasteiger charge is 2.46. The highest BCUT2D eigenvalue weighted by atomic mass is 16.5.